The fourth-order valence-corrected chi connectivity index (χ4v) is 2.66. The molecule has 1 aromatic carbocycles. The van der Waals surface area contributed by atoms with Gasteiger partial charge >= 0.3 is 5.91 Å². The van der Waals surface area contributed by atoms with E-state index >= 15 is 0 Å². The Morgan fingerprint density at radius 1 is 1.14 bits per heavy atom. The number of nitrogens with zero attached hydrogens (tertiary/aromatic N) is 1. The molecule has 114 valence electrons. The summed E-state index contributed by atoms with van der Waals surface area (Å²) < 4.78 is 5.03. The summed E-state index contributed by atoms with van der Waals surface area (Å²) in [5.41, 5.74) is 4.98. The van der Waals surface area contributed by atoms with E-state index in [0.29, 0.717) is 0 Å². The van der Waals surface area contributed by atoms with Crippen LogP contribution in [-0.2, 0) is 6.54 Å². The van der Waals surface area contributed by atoms with E-state index in [1.165, 1.54) is 11.8 Å². The van der Waals surface area contributed by atoms with E-state index in [-0.39, 0.29) is 11.7 Å². The van der Waals surface area contributed by atoms with E-state index in [1.807, 2.05) is 6.07 Å². The minimum atomic E-state index is -0.295. The number of hydrogen-bond acceptors (Lipinski definition) is 3. The first-order chi connectivity index (χ1) is 10.8. The van der Waals surface area contributed by atoms with Gasteiger partial charge in [0.2, 0.25) is 0 Å². The predicted molar refractivity (Wildman–Crippen MR) is 83.7 cm³/mol. The zero-order valence-electron chi connectivity index (χ0n) is 12.4. The topological polar surface area (TPSA) is 59.0 Å². The van der Waals surface area contributed by atoms with Gasteiger partial charge in [0.05, 0.1) is 19.4 Å². The van der Waals surface area contributed by atoms with Crippen molar-refractivity contribution >= 4 is 11.6 Å². The molecule has 0 saturated carbocycles. The number of quaternary nitrogens is 1. The number of likely N-dealkylation sites (tertiary alicyclic amines) is 1. The van der Waals surface area contributed by atoms with Crippen molar-refractivity contribution in [1.82, 2.24) is 5.43 Å². The van der Waals surface area contributed by atoms with Gasteiger partial charge in [0, 0.05) is 24.1 Å². The van der Waals surface area contributed by atoms with Crippen molar-refractivity contribution in [2.45, 2.75) is 19.4 Å². The lowest BCUT2D eigenvalue weighted by Crippen LogP contribution is -3.11. The lowest BCUT2D eigenvalue weighted by Gasteiger charge is -2.24. The van der Waals surface area contributed by atoms with Crippen LogP contribution in [-0.4, -0.2) is 24.7 Å². The highest BCUT2D eigenvalue weighted by Gasteiger charge is 2.19. The molecule has 1 fully saturated rings. The van der Waals surface area contributed by atoms with Crippen molar-refractivity contribution in [3.8, 4) is 0 Å². The number of carbonyl (C=O) groups is 1. The average molecular weight is 298 g/mol. The molecule has 3 rings (SSSR count). The van der Waals surface area contributed by atoms with Crippen LogP contribution >= 0.6 is 0 Å². The van der Waals surface area contributed by atoms with Crippen molar-refractivity contribution in [1.29, 1.82) is 0 Å². The number of benzene rings is 1. The Bertz CT molecular complexity index is 625. The Labute approximate surface area is 129 Å². The van der Waals surface area contributed by atoms with Gasteiger partial charge in [-0.2, -0.15) is 5.10 Å². The largest absolute Gasteiger partial charge is 0.459 e. The Morgan fingerprint density at radius 3 is 2.59 bits per heavy atom. The van der Waals surface area contributed by atoms with Crippen molar-refractivity contribution in [2.75, 3.05) is 13.1 Å². The van der Waals surface area contributed by atoms with Gasteiger partial charge in [-0.25, -0.2) is 5.43 Å². The van der Waals surface area contributed by atoms with Crippen LogP contribution in [0.25, 0.3) is 0 Å². The summed E-state index contributed by atoms with van der Waals surface area (Å²) >= 11 is 0. The van der Waals surface area contributed by atoms with Crippen LogP contribution in [0.4, 0.5) is 0 Å². The van der Waals surface area contributed by atoms with Gasteiger partial charge in [0.25, 0.3) is 0 Å². The molecule has 2 heterocycles. The summed E-state index contributed by atoms with van der Waals surface area (Å²) in [5.74, 6) is -0.00643. The van der Waals surface area contributed by atoms with E-state index in [9.17, 15) is 4.79 Å². The average Bonchev–Trinajstić information content (AvgIpc) is 3.09. The molecule has 5 nitrogen and oxygen atoms in total. The molecule has 2 aromatic rings. The van der Waals surface area contributed by atoms with Crippen LogP contribution in [0.2, 0.25) is 0 Å². The highest BCUT2D eigenvalue weighted by Crippen LogP contribution is 2.01. The van der Waals surface area contributed by atoms with E-state index < -0.39 is 0 Å². The molecule has 1 aliphatic heterocycles. The molecule has 1 saturated heterocycles. The number of furan rings is 1. The highest BCUT2D eigenvalue weighted by atomic mass is 16.3. The Hall–Kier alpha value is -2.40. The number of rotatable bonds is 4. The van der Waals surface area contributed by atoms with E-state index in [1.54, 1.807) is 17.0 Å². The van der Waals surface area contributed by atoms with Gasteiger partial charge < -0.3 is 9.32 Å². The molecule has 22 heavy (non-hydrogen) atoms. The zero-order chi connectivity index (χ0) is 15.2. The zero-order valence-corrected chi connectivity index (χ0v) is 12.4. The van der Waals surface area contributed by atoms with Crippen LogP contribution in [0.15, 0.2) is 58.2 Å². The van der Waals surface area contributed by atoms with Crippen molar-refractivity contribution in [3.05, 3.63) is 60.1 Å². The Morgan fingerprint density at radius 2 is 1.91 bits per heavy atom. The van der Waals surface area contributed by atoms with Crippen molar-refractivity contribution < 1.29 is 14.1 Å². The quantitative estimate of drug-likeness (QED) is 0.835. The maximum absolute atomic E-state index is 11.7. The summed E-state index contributed by atoms with van der Waals surface area (Å²) in [7, 11) is 0. The number of nitrogens with one attached hydrogen (secondary N) is 2. The molecular weight excluding hydrogens is 278 g/mol. The SMILES string of the molecule is O=C(NN=C1CC[NH+](Cc2ccccc2)CC1)c1ccco1. The molecule has 0 spiro atoms. The monoisotopic (exact) mass is 298 g/mol. The molecule has 0 unspecified atom stereocenters. The molecule has 0 bridgehead atoms. The molecule has 1 aliphatic rings. The number of amides is 1. The standard InChI is InChI=1S/C17H19N3O2/c21-17(16-7-4-12-22-16)19-18-15-8-10-20(11-9-15)13-14-5-2-1-3-6-14/h1-7,12H,8-11,13H2,(H,19,21)/p+1. The highest BCUT2D eigenvalue weighted by molar-refractivity contribution is 5.93. The molecule has 2 N–H and O–H groups in total. The second-order valence-corrected chi connectivity index (χ2v) is 5.51. The third-order valence-corrected chi connectivity index (χ3v) is 3.89. The summed E-state index contributed by atoms with van der Waals surface area (Å²) in [5, 5.41) is 4.22. The maximum Gasteiger partial charge on any atom is 0.307 e. The smallest absolute Gasteiger partial charge is 0.307 e. The molecule has 0 atom stereocenters. The van der Waals surface area contributed by atoms with E-state index in [0.717, 1.165) is 38.2 Å². The normalized spacial score (nSPS) is 18.0. The predicted octanol–water partition coefficient (Wildman–Crippen LogP) is 1.24. The van der Waals surface area contributed by atoms with Crippen LogP contribution in [0.5, 0.6) is 0 Å². The third kappa shape index (κ3) is 3.83. The van der Waals surface area contributed by atoms with Crippen LogP contribution < -0.4 is 10.3 Å². The number of hydrogen-bond donors (Lipinski definition) is 2. The number of piperidine rings is 1. The molecule has 5 heteroatoms. The summed E-state index contributed by atoms with van der Waals surface area (Å²) in [6.45, 7) is 3.14. The van der Waals surface area contributed by atoms with Crippen molar-refractivity contribution in [3.63, 3.8) is 0 Å². The van der Waals surface area contributed by atoms with Gasteiger partial charge in [-0.3, -0.25) is 4.79 Å². The fourth-order valence-electron chi connectivity index (χ4n) is 2.66. The van der Waals surface area contributed by atoms with Gasteiger partial charge in [-0.1, -0.05) is 30.3 Å². The molecule has 1 aromatic heterocycles. The lowest BCUT2D eigenvalue weighted by molar-refractivity contribution is -0.914. The molecular formula is C17H20N3O2+. The fraction of sp³-hybridized carbons (Fsp3) is 0.294. The summed E-state index contributed by atoms with van der Waals surface area (Å²) in [6, 6.07) is 13.9. The van der Waals surface area contributed by atoms with E-state index in [4.69, 9.17) is 4.42 Å². The van der Waals surface area contributed by atoms with Crippen LogP contribution in [0, 0.1) is 0 Å². The summed E-state index contributed by atoms with van der Waals surface area (Å²) in [4.78, 5) is 13.3. The number of hydrazone groups is 1. The third-order valence-electron chi connectivity index (χ3n) is 3.89. The molecule has 0 aliphatic carbocycles. The first-order valence-corrected chi connectivity index (χ1v) is 7.58. The molecule has 1 amide bonds. The minimum Gasteiger partial charge on any atom is -0.459 e. The number of carbonyl (C=O) groups excluding carboxylic acids is 1. The van der Waals surface area contributed by atoms with Gasteiger partial charge in [-0.05, 0) is 12.1 Å². The van der Waals surface area contributed by atoms with Gasteiger partial charge in [0.1, 0.15) is 6.54 Å². The van der Waals surface area contributed by atoms with Gasteiger partial charge in [-0.15, -0.1) is 0 Å². The summed E-state index contributed by atoms with van der Waals surface area (Å²) in [6.07, 6.45) is 3.31. The second kappa shape index (κ2) is 7.04. The van der Waals surface area contributed by atoms with Crippen LogP contribution in [0.3, 0.4) is 0 Å². The first kappa shape index (κ1) is 14.5. The molecule has 0 radical (unpaired) electrons. The first-order valence-electron chi connectivity index (χ1n) is 7.58. The van der Waals surface area contributed by atoms with Crippen LogP contribution in [0.1, 0.15) is 29.0 Å². The second-order valence-electron chi connectivity index (χ2n) is 5.51. The van der Waals surface area contributed by atoms with E-state index in [2.05, 4.69) is 34.8 Å². The van der Waals surface area contributed by atoms with Gasteiger partial charge in [0.15, 0.2) is 5.76 Å². The van der Waals surface area contributed by atoms with Crippen molar-refractivity contribution in [2.24, 2.45) is 5.10 Å². The maximum atomic E-state index is 11.7. The Kier molecular flexibility index (Phi) is 4.65. The lowest BCUT2D eigenvalue weighted by atomic mass is 10.1. The minimum absolute atomic E-state index is 0.288. The Balaban J connectivity index is 1.47.